The minimum absolute atomic E-state index is 0.0354. The third kappa shape index (κ3) is 4.00. The number of amides is 1. The number of ketones is 1. The van der Waals surface area contributed by atoms with Crippen LogP contribution in [-0.4, -0.2) is 23.2 Å². The van der Waals surface area contributed by atoms with Gasteiger partial charge in [0.25, 0.3) is 5.91 Å². The molecule has 2 N–H and O–H groups in total. The highest BCUT2D eigenvalue weighted by molar-refractivity contribution is 6.02. The first-order valence-corrected chi connectivity index (χ1v) is 9.07. The van der Waals surface area contributed by atoms with Gasteiger partial charge in [0.1, 0.15) is 5.69 Å². The van der Waals surface area contributed by atoms with Crippen LogP contribution in [0.1, 0.15) is 56.1 Å². The van der Waals surface area contributed by atoms with Gasteiger partial charge in [-0.25, -0.2) is 0 Å². The van der Waals surface area contributed by atoms with Crippen LogP contribution in [0.2, 0.25) is 0 Å². The largest absolute Gasteiger partial charge is 0.354 e. The fourth-order valence-electron chi connectivity index (χ4n) is 3.59. The normalized spacial score (nSPS) is 10.8. The van der Waals surface area contributed by atoms with Crippen molar-refractivity contribution in [1.29, 1.82) is 0 Å². The third-order valence-corrected chi connectivity index (χ3v) is 4.89. The summed E-state index contributed by atoms with van der Waals surface area (Å²) in [5.41, 5.74) is 4.78. The molecule has 0 fully saturated rings. The Bertz CT molecular complexity index is 904. The molecule has 138 valence electrons. The smallest absolute Gasteiger partial charge is 0.268 e. The Kier molecular flexibility index (Phi) is 5.55. The van der Waals surface area contributed by atoms with Crippen molar-refractivity contribution >= 4 is 11.7 Å². The quantitative estimate of drug-likeness (QED) is 0.640. The lowest BCUT2D eigenvalue weighted by molar-refractivity contribution is 0.0947. The Labute approximate surface area is 159 Å². The van der Waals surface area contributed by atoms with E-state index in [4.69, 9.17) is 0 Å². The molecule has 1 amide bonds. The second-order valence-electron chi connectivity index (χ2n) is 6.77. The Morgan fingerprint density at radius 2 is 1.44 bits per heavy atom. The molecule has 3 aromatic rings. The Hall–Kier alpha value is -3.14. The van der Waals surface area contributed by atoms with Crippen molar-refractivity contribution < 1.29 is 9.59 Å². The maximum Gasteiger partial charge on any atom is 0.268 e. The van der Waals surface area contributed by atoms with Crippen LogP contribution in [0.25, 0.3) is 0 Å². The average Bonchev–Trinajstić information content (AvgIpc) is 2.98. The highest BCUT2D eigenvalue weighted by atomic mass is 16.2. The number of nitrogens with one attached hydrogen (secondary N) is 2. The number of Topliss-reactive ketones (excluding diaryl/α,β-unsaturated/α-hetero) is 1. The summed E-state index contributed by atoms with van der Waals surface area (Å²) in [6.45, 7) is 5.61. The molecule has 0 aliphatic heterocycles. The van der Waals surface area contributed by atoms with Crippen molar-refractivity contribution in [2.75, 3.05) is 6.54 Å². The van der Waals surface area contributed by atoms with Crippen molar-refractivity contribution in [3.63, 3.8) is 0 Å². The Morgan fingerprint density at radius 3 is 1.89 bits per heavy atom. The first kappa shape index (κ1) is 18.6. The fraction of sp³-hybridized carbons (Fsp3) is 0.217. The zero-order chi connectivity index (χ0) is 19.4. The zero-order valence-corrected chi connectivity index (χ0v) is 15.9. The standard InChI is InChI=1S/C23H24N2O2/c1-15-21(17(3)26)16(2)25-22(15)23(27)24-14-20(18-10-6-4-7-11-18)19-12-8-5-9-13-19/h4-13,20,25H,14H2,1-3H3,(H,24,27). The van der Waals surface area contributed by atoms with Crippen molar-refractivity contribution in [3.05, 3.63) is 94.3 Å². The van der Waals surface area contributed by atoms with Crippen molar-refractivity contribution in [3.8, 4) is 0 Å². The van der Waals surface area contributed by atoms with Crippen LogP contribution in [0.15, 0.2) is 60.7 Å². The first-order valence-electron chi connectivity index (χ1n) is 9.07. The van der Waals surface area contributed by atoms with Gasteiger partial charge < -0.3 is 10.3 Å². The van der Waals surface area contributed by atoms with Gasteiger partial charge in [0.2, 0.25) is 0 Å². The van der Waals surface area contributed by atoms with Crippen molar-refractivity contribution in [2.45, 2.75) is 26.7 Å². The number of aryl methyl sites for hydroxylation is 1. The number of carbonyl (C=O) groups excluding carboxylic acids is 2. The number of benzene rings is 2. The second kappa shape index (κ2) is 8.04. The zero-order valence-electron chi connectivity index (χ0n) is 15.9. The fourth-order valence-corrected chi connectivity index (χ4v) is 3.59. The van der Waals surface area contributed by atoms with E-state index < -0.39 is 0 Å². The van der Waals surface area contributed by atoms with Gasteiger partial charge in [0.05, 0.1) is 0 Å². The number of H-pyrrole nitrogens is 1. The molecule has 3 rings (SSSR count). The lowest BCUT2D eigenvalue weighted by atomic mass is 9.91. The van der Waals surface area contributed by atoms with E-state index in [1.807, 2.05) is 43.3 Å². The number of hydrogen-bond donors (Lipinski definition) is 2. The monoisotopic (exact) mass is 360 g/mol. The molecule has 4 heteroatoms. The van der Waals surface area contributed by atoms with Crippen LogP contribution < -0.4 is 5.32 Å². The Morgan fingerprint density at radius 1 is 0.926 bits per heavy atom. The molecule has 0 saturated heterocycles. The molecular weight excluding hydrogens is 336 g/mol. The maximum atomic E-state index is 12.8. The molecule has 4 nitrogen and oxygen atoms in total. The summed E-state index contributed by atoms with van der Waals surface area (Å²) in [6, 6.07) is 20.3. The summed E-state index contributed by atoms with van der Waals surface area (Å²) < 4.78 is 0. The lowest BCUT2D eigenvalue weighted by Gasteiger charge is -2.19. The molecule has 0 radical (unpaired) electrons. The molecule has 1 heterocycles. The van der Waals surface area contributed by atoms with E-state index in [1.54, 1.807) is 6.92 Å². The summed E-state index contributed by atoms with van der Waals surface area (Å²) in [7, 11) is 0. The first-order chi connectivity index (χ1) is 13.0. The molecule has 0 aliphatic rings. The summed E-state index contributed by atoms with van der Waals surface area (Å²) >= 11 is 0. The number of aromatic nitrogens is 1. The molecule has 0 saturated carbocycles. The molecule has 0 aliphatic carbocycles. The second-order valence-corrected chi connectivity index (χ2v) is 6.77. The van der Waals surface area contributed by atoms with E-state index in [0.717, 1.165) is 16.8 Å². The van der Waals surface area contributed by atoms with Gasteiger partial charge in [-0.05, 0) is 37.5 Å². The van der Waals surface area contributed by atoms with Gasteiger partial charge >= 0.3 is 0 Å². The predicted octanol–water partition coefficient (Wildman–Crippen LogP) is 4.40. The number of rotatable bonds is 6. The van der Waals surface area contributed by atoms with Crippen LogP contribution in [0.5, 0.6) is 0 Å². The van der Waals surface area contributed by atoms with Crippen molar-refractivity contribution in [2.24, 2.45) is 0 Å². The van der Waals surface area contributed by atoms with Crippen LogP contribution in [0.4, 0.5) is 0 Å². The molecule has 0 unspecified atom stereocenters. The van der Waals surface area contributed by atoms with Gasteiger partial charge in [-0.3, -0.25) is 9.59 Å². The summed E-state index contributed by atoms with van der Waals surface area (Å²) in [6.07, 6.45) is 0. The van der Waals surface area contributed by atoms with Gasteiger partial charge in [0.15, 0.2) is 5.78 Å². The van der Waals surface area contributed by atoms with Crippen LogP contribution in [0, 0.1) is 13.8 Å². The predicted molar refractivity (Wildman–Crippen MR) is 107 cm³/mol. The highest BCUT2D eigenvalue weighted by Crippen LogP contribution is 2.24. The minimum atomic E-state index is -0.194. The minimum Gasteiger partial charge on any atom is -0.354 e. The van der Waals surface area contributed by atoms with Gasteiger partial charge in [-0.2, -0.15) is 0 Å². The van der Waals surface area contributed by atoms with E-state index in [0.29, 0.717) is 23.4 Å². The van der Waals surface area contributed by atoms with E-state index in [1.165, 1.54) is 6.92 Å². The van der Waals surface area contributed by atoms with Crippen molar-refractivity contribution in [1.82, 2.24) is 10.3 Å². The molecule has 27 heavy (non-hydrogen) atoms. The highest BCUT2D eigenvalue weighted by Gasteiger charge is 2.21. The molecule has 0 bridgehead atoms. The third-order valence-electron chi connectivity index (χ3n) is 4.89. The molecular formula is C23H24N2O2. The van der Waals surface area contributed by atoms with E-state index in [9.17, 15) is 9.59 Å². The topological polar surface area (TPSA) is 62.0 Å². The average molecular weight is 360 g/mol. The number of hydrogen-bond acceptors (Lipinski definition) is 2. The van der Waals surface area contributed by atoms with Gasteiger partial charge in [-0.1, -0.05) is 60.7 Å². The van der Waals surface area contributed by atoms with Crippen LogP contribution in [-0.2, 0) is 0 Å². The molecule has 2 aromatic carbocycles. The Balaban J connectivity index is 1.83. The number of carbonyl (C=O) groups is 2. The van der Waals surface area contributed by atoms with E-state index >= 15 is 0 Å². The van der Waals surface area contributed by atoms with Gasteiger partial charge in [0, 0.05) is 23.7 Å². The summed E-state index contributed by atoms with van der Waals surface area (Å²) in [5.74, 6) is -0.174. The summed E-state index contributed by atoms with van der Waals surface area (Å²) in [5, 5.41) is 3.03. The molecule has 1 aromatic heterocycles. The SMILES string of the molecule is CC(=O)c1c(C)[nH]c(C(=O)NCC(c2ccccc2)c2ccccc2)c1C. The summed E-state index contributed by atoms with van der Waals surface area (Å²) in [4.78, 5) is 27.6. The van der Waals surface area contributed by atoms with Gasteiger partial charge in [-0.15, -0.1) is 0 Å². The van der Waals surface area contributed by atoms with Crippen LogP contribution >= 0.6 is 0 Å². The lowest BCUT2D eigenvalue weighted by Crippen LogP contribution is -2.29. The molecule has 0 atom stereocenters. The van der Waals surface area contributed by atoms with Crippen LogP contribution in [0.3, 0.4) is 0 Å². The van der Waals surface area contributed by atoms with E-state index in [2.05, 4.69) is 34.6 Å². The number of aromatic amines is 1. The van der Waals surface area contributed by atoms with E-state index in [-0.39, 0.29) is 17.6 Å². The molecule has 0 spiro atoms. The maximum absolute atomic E-state index is 12.8.